The second kappa shape index (κ2) is 12.5. The van der Waals surface area contributed by atoms with E-state index in [2.05, 4.69) is 15.6 Å². The van der Waals surface area contributed by atoms with E-state index in [9.17, 15) is 18.0 Å². The van der Waals surface area contributed by atoms with Crippen molar-refractivity contribution in [3.8, 4) is 0 Å². The Morgan fingerprint density at radius 3 is 2.52 bits per heavy atom. The fraction of sp³-hybridized carbons (Fsp3) is 0.303. The molecule has 4 bridgehead atoms. The minimum absolute atomic E-state index is 0.00912. The van der Waals surface area contributed by atoms with Gasteiger partial charge in [-0.3, -0.25) is 10.1 Å². The molecule has 1 aromatic heterocycles. The van der Waals surface area contributed by atoms with Crippen molar-refractivity contribution in [3.63, 3.8) is 0 Å². The standard InChI is InChI=1S/C33H35F2N5O5S/c1-17(2)46(43,44)30-22-11-23(13-27(30)35)38-33(42)45-16-19(4)24-7-6-21(10-18(24)3)29(32(41)40(5)15-22)39-28-12-20-8-9-37-31(36)25(20)14-26(28)34/h6-14,17,19,29,39H,15-16H2,1-5H3,(H2,36,37)(H,38,42). The average Bonchev–Trinajstić information content (AvgIpc) is 2.98. The number of hydrogen-bond donors (Lipinski definition) is 3. The van der Waals surface area contributed by atoms with E-state index in [1.807, 2.05) is 19.9 Å². The normalized spacial score (nSPS) is 17.7. The Kier molecular flexibility index (Phi) is 8.89. The van der Waals surface area contributed by atoms with E-state index >= 15 is 8.78 Å². The van der Waals surface area contributed by atoms with E-state index in [4.69, 9.17) is 10.5 Å². The van der Waals surface area contributed by atoms with Gasteiger partial charge in [0.05, 0.1) is 17.5 Å². The summed E-state index contributed by atoms with van der Waals surface area (Å²) in [4.78, 5) is 31.5. The van der Waals surface area contributed by atoms with Gasteiger partial charge in [-0.25, -0.2) is 27.0 Å². The van der Waals surface area contributed by atoms with E-state index in [0.717, 1.165) is 17.2 Å². The predicted octanol–water partition coefficient (Wildman–Crippen LogP) is 6.06. The number of rotatable bonds is 4. The summed E-state index contributed by atoms with van der Waals surface area (Å²) in [5.41, 5.74) is 8.04. The van der Waals surface area contributed by atoms with Gasteiger partial charge in [-0.15, -0.1) is 0 Å². The highest BCUT2D eigenvalue weighted by atomic mass is 32.2. The topological polar surface area (TPSA) is 144 Å². The first-order valence-electron chi connectivity index (χ1n) is 14.6. The van der Waals surface area contributed by atoms with Gasteiger partial charge in [-0.2, -0.15) is 0 Å². The second-order valence-electron chi connectivity index (χ2n) is 11.8. The zero-order valence-corrected chi connectivity index (χ0v) is 26.8. The van der Waals surface area contributed by atoms with Gasteiger partial charge in [0.25, 0.3) is 0 Å². The van der Waals surface area contributed by atoms with Gasteiger partial charge in [0, 0.05) is 36.8 Å². The highest BCUT2D eigenvalue weighted by Gasteiger charge is 2.31. The van der Waals surface area contributed by atoms with Crippen LogP contribution in [0.1, 0.15) is 55.0 Å². The molecule has 0 saturated carbocycles. The molecular formula is C33H35F2N5O5S. The van der Waals surface area contributed by atoms with Crippen LogP contribution in [0.4, 0.5) is 30.8 Å². The number of aryl methyl sites for hydroxylation is 1. The largest absolute Gasteiger partial charge is 0.449 e. The van der Waals surface area contributed by atoms with Crippen molar-refractivity contribution in [1.82, 2.24) is 9.88 Å². The molecule has 2 aliphatic rings. The molecule has 2 unspecified atom stereocenters. The SMILES string of the molecule is Cc1cc2ccc1C(C)COC(=O)Nc1cc(F)c(S(=O)(=O)C(C)C)c(c1)CN(C)C(=O)C2Nc1cc2ccnc(N)c2cc1F. The molecule has 46 heavy (non-hydrogen) atoms. The smallest absolute Gasteiger partial charge is 0.411 e. The molecule has 242 valence electrons. The number of halogens is 2. The van der Waals surface area contributed by atoms with Crippen molar-refractivity contribution < 1.29 is 31.5 Å². The molecule has 3 heterocycles. The van der Waals surface area contributed by atoms with Crippen LogP contribution in [0.25, 0.3) is 10.8 Å². The Hall–Kier alpha value is -4.78. The fourth-order valence-electron chi connectivity index (χ4n) is 5.59. The fourth-order valence-corrected chi connectivity index (χ4v) is 6.89. The lowest BCUT2D eigenvalue weighted by molar-refractivity contribution is -0.131. The van der Waals surface area contributed by atoms with Crippen molar-refractivity contribution >= 4 is 49.8 Å². The Bertz CT molecular complexity index is 1970. The summed E-state index contributed by atoms with van der Waals surface area (Å²) in [6.45, 7) is 6.20. The van der Waals surface area contributed by atoms with E-state index in [-0.39, 0.29) is 41.8 Å². The molecule has 0 radical (unpaired) electrons. The molecule has 0 fully saturated rings. The number of likely N-dealkylation sites (N-methyl/N-ethyl adjacent to an activating group) is 1. The number of hydrogen-bond acceptors (Lipinski definition) is 8. The van der Waals surface area contributed by atoms with Gasteiger partial charge >= 0.3 is 6.09 Å². The van der Waals surface area contributed by atoms with E-state index in [1.54, 1.807) is 18.2 Å². The number of nitrogens with one attached hydrogen (secondary N) is 2. The van der Waals surface area contributed by atoms with Gasteiger partial charge < -0.3 is 20.7 Å². The first kappa shape index (κ1) is 32.6. The Morgan fingerprint density at radius 1 is 1.09 bits per heavy atom. The molecule has 4 N–H and O–H groups in total. The molecule has 13 heteroatoms. The number of pyridine rings is 1. The number of nitrogens with zero attached hydrogens (tertiary/aromatic N) is 2. The predicted molar refractivity (Wildman–Crippen MR) is 172 cm³/mol. The van der Waals surface area contributed by atoms with Gasteiger partial charge in [-0.05, 0) is 78.7 Å². The van der Waals surface area contributed by atoms with Crippen molar-refractivity contribution in [2.24, 2.45) is 0 Å². The van der Waals surface area contributed by atoms with Crippen LogP contribution in [0.3, 0.4) is 0 Å². The third-order valence-electron chi connectivity index (χ3n) is 8.11. The van der Waals surface area contributed by atoms with Crippen LogP contribution in [-0.2, 0) is 25.9 Å². The maximum absolute atomic E-state index is 15.6. The summed E-state index contributed by atoms with van der Waals surface area (Å²) < 4.78 is 63.0. The number of amides is 2. The van der Waals surface area contributed by atoms with Gasteiger partial charge in [0.15, 0.2) is 9.84 Å². The van der Waals surface area contributed by atoms with Crippen molar-refractivity contribution in [2.45, 2.75) is 56.3 Å². The van der Waals surface area contributed by atoms with E-state index in [1.165, 1.54) is 50.2 Å². The minimum atomic E-state index is -4.16. The van der Waals surface area contributed by atoms with Crippen LogP contribution in [0.2, 0.25) is 0 Å². The first-order chi connectivity index (χ1) is 21.7. The Balaban J connectivity index is 1.65. The number of anilines is 3. The maximum atomic E-state index is 15.6. The van der Waals surface area contributed by atoms with Gasteiger partial charge in [0.2, 0.25) is 5.91 Å². The summed E-state index contributed by atoms with van der Waals surface area (Å²) >= 11 is 0. The molecule has 6 rings (SSSR count). The molecule has 3 aromatic carbocycles. The van der Waals surface area contributed by atoms with E-state index < -0.39 is 49.7 Å². The summed E-state index contributed by atoms with van der Waals surface area (Å²) in [5, 5.41) is 5.55. The van der Waals surface area contributed by atoms with E-state index in [0.29, 0.717) is 16.3 Å². The second-order valence-corrected chi connectivity index (χ2v) is 14.2. The number of benzene rings is 3. The number of carbonyl (C=O) groups is 2. The average molecular weight is 652 g/mol. The third-order valence-corrected chi connectivity index (χ3v) is 10.4. The summed E-state index contributed by atoms with van der Waals surface area (Å²) in [6.07, 6.45) is 0.650. The summed E-state index contributed by atoms with van der Waals surface area (Å²) in [5.74, 6) is -2.38. The number of fused-ring (bicyclic) bond motifs is 10. The number of carbonyl (C=O) groups excluding carboxylic acids is 2. The summed E-state index contributed by atoms with van der Waals surface area (Å²) in [7, 11) is -2.72. The number of ether oxygens (including phenoxy) is 1. The number of aromatic nitrogens is 1. The van der Waals surface area contributed by atoms with Crippen LogP contribution in [0.15, 0.2) is 59.6 Å². The van der Waals surface area contributed by atoms with Crippen LogP contribution in [0.5, 0.6) is 0 Å². The minimum Gasteiger partial charge on any atom is -0.449 e. The zero-order chi connectivity index (χ0) is 33.5. The Labute approximate surface area is 265 Å². The lowest BCUT2D eigenvalue weighted by Gasteiger charge is -2.28. The van der Waals surface area contributed by atoms with Gasteiger partial charge in [-0.1, -0.05) is 25.1 Å². The molecule has 2 amide bonds. The summed E-state index contributed by atoms with van der Waals surface area (Å²) in [6, 6.07) is 10.9. The third kappa shape index (κ3) is 6.32. The molecule has 4 aromatic rings. The monoisotopic (exact) mass is 651 g/mol. The van der Waals surface area contributed by atoms with Crippen molar-refractivity contribution in [3.05, 3.63) is 88.6 Å². The number of sulfone groups is 1. The van der Waals surface area contributed by atoms with Gasteiger partial charge in [0.1, 0.15) is 28.4 Å². The number of nitrogen functional groups attached to an aromatic ring is 1. The van der Waals surface area contributed by atoms with Crippen LogP contribution >= 0.6 is 0 Å². The quantitative estimate of drug-likeness (QED) is 0.242. The van der Waals surface area contributed by atoms with Crippen LogP contribution in [-0.4, -0.2) is 49.2 Å². The molecule has 0 spiro atoms. The lowest BCUT2D eigenvalue weighted by atomic mass is 9.93. The lowest BCUT2D eigenvalue weighted by Crippen LogP contribution is -2.36. The molecule has 2 aliphatic heterocycles. The van der Waals surface area contributed by atoms with Crippen LogP contribution in [0, 0.1) is 18.6 Å². The zero-order valence-electron chi connectivity index (χ0n) is 26.0. The molecule has 0 aliphatic carbocycles. The number of nitrogens with two attached hydrogens (primary N) is 1. The molecular weight excluding hydrogens is 616 g/mol. The first-order valence-corrected chi connectivity index (χ1v) is 16.2. The van der Waals surface area contributed by atoms with Crippen molar-refractivity contribution in [2.75, 3.05) is 30.0 Å². The van der Waals surface area contributed by atoms with Crippen molar-refractivity contribution in [1.29, 1.82) is 0 Å². The highest BCUT2D eigenvalue weighted by molar-refractivity contribution is 7.92. The molecule has 0 saturated heterocycles. The highest BCUT2D eigenvalue weighted by Crippen LogP contribution is 2.33. The molecule has 2 atom stereocenters. The maximum Gasteiger partial charge on any atom is 0.411 e. The van der Waals surface area contributed by atoms with Crippen LogP contribution < -0.4 is 16.4 Å². The Morgan fingerprint density at radius 2 is 1.83 bits per heavy atom. The molecule has 10 nitrogen and oxygen atoms in total.